The molecular formula is C28H25FN6O. The van der Waals surface area contributed by atoms with Crippen molar-refractivity contribution in [2.45, 2.75) is 19.9 Å². The lowest BCUT2D eigenvalue weighted by Crippen LogP contribution is -2.54. The van der Waals surface area contributed by atoms with Crippen LogP contribution in [0.25, 0.3) is 27.9 Å². The Balaban J connectivity index is 1.43. The van der Waals surface area contributed by atoms with Crippen LogP contribution in [-0.2, 0) is 0 Å². The highest BCUT2D eigenvalue weighted by molar-refractivity contribution is 5.95. The Kier molecular flexibility index (Phi) is 5.36. The molecule has 1 aliphatic rings. The van der Waals surface area contributed by atoms with E-state index in [0.29, 0.717) is 19.6 Å². The first-order valence-electron chi connectivity index (χ1n) is 12.0. The minimum absolute atomic E-state index is 0.102. The number of para-hydroxylation sites is 1. The Bertz CT molecular complexity index is 1610. The Morgan fingerprint density at radius 2 is 1.69 bits per heavy atom. The lowest BCUT2D eigenvalue weighted by molar-refractivity contribution is 0.0668. The molecule has 0 aliphatic carbocycles. The van der Waals surface area contributed by atoms with Crippen LogP contribution in [0.4, 0.5) is 10.3 Å². The standard InChI is InChI=1S/C28H25FN6O/c1-18-9-3-4-10-20(18)25-31-32-26-22-12-6-8-14-24(22)30-28(35(25)26)33-15-16-34(19(2)17-33)27(36)21-11-5-7-13-23(21)29/h3-14,19H,15-17H2,1-2H3/t19-/m0/s1. The second kappa shape index (κ2) is 8.71. The Morgan fingerprint density at radius 3 is 2.50 bits per heavy atom. The number of aryl methyl sites for hydroxylation is 1. The molecule has 3 aromatic carbocycles. The second-order valence-corrected chi connectivity index (χ2v) is 9.20. The Morgan fingerprint density at radius 1 is 0.944 bits per heavy atom. The summed E-state index contributed by atoms with van der Waals surface area (Å²) in [6.45, 7) is 5.59. The van der Waals surface area contributed by atoms with Gasteiger partial charge >= 0.3 is 0 Å². The molecule has 1 atom stereocenters. The lowest BCUT2D eigenvalue weighted by Gasteiger charge is -2.40. The van der Waals surface area contributed by atoms with Crippen LogP contribution >= 0.6 is 0 Å². The average Bonchev–Trinajstić information content (AvgIpc) is 3.34. The summed E-state index contributed by atoms with van der Waals surface area (Å²) >= 11 is 0. The number of carbonyl (C=O) groups excluding carboxylic acids is 1. The third kappa shape index (κ3) is 3.57. The van der Waals surface area contributed by atoms with Gasteiger partial charge in [-0.1, -0.05) is 48.5 Å². The highest BCUT2D eigenvalue weighted by Gasteiger charge is 2.32. The molecule has 3 heterocycles. The van der Waals surface area contributed by atoms with Crippen LogP contribution in [0.1, 0.15) is 22.8 Å². The summed E-state index contributed by atoms with van der Waals surface area (Å²) < 4.78 is 16.3. The van der Waals surface area contributed by atoms with Crippen molar-refractivity contribution < 1.29 is 9.18 Å². The fourth-order valence-corrected chi connectivity index (χ4v) is 5.01. The first-order valence-corrected chi connectivity index (χ1v) is 12.0. The van der Waals surface area contributed by atoms with Crippen LogP contribution in [0.2, 0.25) is 0 Å². The predicted octanol–water partition coefficient (Wildman–Crippen LogP) is 4.74. The van der Waals surface area contributed by atoms with Crippen molar-refractivity contribution in [2.24, 2.45) is 0 Å². The molecule has 0 unspecified atom stereocenters. The molecule has 1 saturated heterocycles. The minimum atomic E-state index is -0.498. The van der Waals surface area contributed by atoms with Gasteiger partial charge in [0.2, 0.25) is 5.95 Å². The van der Waals surface area contributed by atoms with Gasteiger partial charge in [-0.15, -0.1) is 10.2 Å². The van der Waals surface area contributed by atoms with E-state index in [0.717, 1.165) is 39.4 Å². The van der Waals surface area contributed by atoms with E-state index in [4.69, 9.17) is 4.98 Å². The molecule has 0 bridgehead atoms. The zero-order valence-corrected chi connectivity index (χ0v) is 20.1. The zero-order chi connectivity index (χ0) is 24.8. The molecule has 1 fully saturated rings. The molecule has 0 N–H and O–H groups in total. The molecule has 36 heavy (non-hydrogen) atoms. The number of halogens is 1. The summed E-state index contributed by atoms with van der Waals surface area (Å²) in [5.74, 6) is 0.676. The van der Waals surface area contributed by atoms with Crippen LogP contribution < -0.4 is 4.90 Å². The Labute approximate surface area is 207 Å². The summed E-state index contributed by atoms with van der Waals surface area (Å²) in [7, 11) is 0. The second-order valence-electron chi connectivity index (χ2n) is 9.20. The van der Waals surface area contributed by atoms with Crippen LogP contribution in [0.15, 0.2) is 72.8 Å². The fourth-order valence-electron chi connectivity index (χ4n) is 5.01. The highest BCUT2D eigenvalue weighted by atomic mass is 19.1. The van der Waals surface area contributed by atoms with E-state index in [-0.39, 0.29) is 17.5 Å². The summed E-state index contributed by atoms with van der Waals surface area (Å²) in [5.41, 5.74) is 3.77. The molecule has 1 amide bonds. The van der Waals surface area contributed by atoms with E-state index in [9.17, 15) is 9.18 Å². The van der Waals surface area contributed by atoms with E-state index in [2.05, 4.69) is 28.1 Å². The van der Waals surface area contributed by atoms with E-state index >= 15 is 0 Å². The molecule has 8 heteroatoms. The number of hydrogen-bond acceptors (Lipinski definition) is 5. The van der Waals surface area contributed by atoms with Crippen LogP contribution in [0.5, 0.6) is 0 Å². The fraction of sp³-hybridized carbons (Fsp3) is 0.214. The van der Waals surface area contributed by atoms with E-state index < -0.39 is 5.82 Å². The van der Waals surface area contributed by atoms with Crippen molar-refractivity contribution in [3.05, 3.63) is 89.7 Å². The van der Waals surface area contributed by atoms with Gasteiger partial charge in [0.1, 0.15) is 5.82 Å². The number of rotatable bonds is 3. The number of nitrogens with zero attached hydrogens (tertiary/aromatic N) is 6. The number of benzene rings is 3. The van der Waals surface area contributed by atoms with Crippen LogP contribution in [0.3, 0.4) is 0 Å². The first kappa shape index (κ1) is 22.2. The number of hydrogen-bond donors (Lipinski definition) is 0. The normalized spacial score (nSPS) is 16.1. The number of aromatic nitrogens is 4. The molecule has 6 rings (SSSR count). The summed E-state index contributed by atoms with van der Waals surface area (Å²) in [4.78, 5) is 22.1. The van der Waals surface area contributed by atoms with Gasteiger partial charge in [-0.25, -0.2) is 13.8 Å². The molecule has 2 aromatic heterocycles. The van der Waals surface area contributed by atoms with Gasteiger partial charge in [0.25, 0.3) is 5.91 Å². The van der Waals surface area contributed by atoms with Crippen LogP contribution in [0, 0.1) is 12.7 Å². The number of carbonyl (C=O) groups is 1. The molecule has 0 spiro atoms. The molecule has 0 radical (unpaired) electrons. The quantitative estimate of drug-likeness (QED) is 0.373. The number of anilines is 1. The maximum absolute atomic E-state index is 14.3. The van der Waals surface area contributed by atoms with Crippen molar-refractivity contribution in [1.82, 2.24) is 24.5 Å². The van der Waals surface area contributed by atoms with Crippen molar-refractivity contribution in [2.75, 3.05) is 24.5 Å². The maximum atomic E-state index is 14.3. The summed E-state index contributed by atoms with van der Waals surface area (Å²) in [5, 5.41) is 10.1. The first-order chi connectivity index (χ1) is 17.5. The van der Waals surface area contributed by atoms with Gasteiger partial charge in [-0.3, -0.25) is 4.79 Å². The van der Waals surface area contributed by atoms with Gasteiger partial charge in [0, 0.05) is 36.6 Å². The molecule has 0 saturated carbocycles. The van der Waals surface area contributed by atoms with E-state index in [1.807, 2.05) is 53.8 Å². The highest BCUT2D eigenvalue weighted by Crippen LogP contribution is 2.31. The zero-order valence-electron chi connectivity index (χ0n) is 20.1. The molecule has 5 aromatic rings. The SMILES string of the molecule is Cc1ccccc1-c1nnc2c3ccccc3nc(N3CCN(C(=O)c4ccccc4F)[C@@H](C)C3)n12. The summed E-state index contributed by atoms with van der Waals surface area (Å²) in [6, 6.07) is 22.0. The van der Waals surface area contributed by atoms with Gasteiger partial charge in [0.15, 0.2) is 11.5 Å². The third-order valence-electron chi connectivity index (χ3n) is 6.89. The van der Waals surface area contributed by atoms with Crippen molar-refractivity contribution in [1.29, 1.82) is 0 Å². The third-order valence-corrected chi connectivity index (χ3v) is 6.89. The minimum Gasteiger partial charge on any atom is -0.338 e. The number of amides is 1. The predicted molar refractivity (Wildman–Crippen MR) is 138 cm³/mol. The molecular weight excluding hydrogens is 455 g/mol. The topological polar surface area (TPSA) is 66.6 Å². The van der Waals surface area contributed by atoms with Crippen molar-refractivity contribution in [3.63, 3.8) is 0 Å². The number of piperazine rings is 1. The molecule has 7 nitrogen and oxygen atoms in total. The molecule has 1 aliphatic heterocycles. The summed E-state index contributed by atoms with van der Waals surface area (Å²) in [6.07, 6.45) is 0. The number of fused-ring (bicyclic) bond motifs is 3. The van der Waals surface area contributed by atoms with E-state index in [1.54, 1.807) is 17.0 Å². The lowest BCUT2D eigenvalue weighted by atomic mass is 10.1. The Hall–Kier alpha value is -4.33. The molecule has 180 valence electrons. The van der Waals surface area contributed by atoms with E-state index in [1.165, 1.54) is 12.1 Å². The van der Waals surface area contributed by atoms with Crippen LogP contribution in [-0.4, -0.2) is 56.1 Å². The van der Waals surface area contributed by atoms with Gasteiger partial charge in [0.05, 0.1) is 11.1 Å². The largest absolute Gasteiger partial charge is 0.338 e. The maximum Gasteiger partial charge on any atom is 0.257 e. The van der Waals surface area contributed by atoms with Gasteiger partial charge in [-0.05, 0) is 43.7 Å². The average molecular weight is 481 g/mol. The smallest absolute Gasteiger partial charge is 0.257 e. The van der Waals surface area contributed by atoms with Gasteiger partial charge < -0.3 is 9.80 Å². The van der Waals surface area contributed by atoms with Crippen molar-refractivity contribution >= 4 is 28.4 Å². The van der Waals surface area contributed by atoms with Crippen molar-refractivity contribution in [3.8, 4) is 11.4 Å². The van der Waals surface area contributed by atoms with Gasteiger partial charge in [-0.2, -0.15) is 0 Å². The monoisotopic (exact) mass is 480 g/mol.